The molecule has 2 unspecified atom stereocenters. The maximum atomic E-state index is 12.1. The van der Waals surface area contributed by atoms with Gasteiger partial charge < -0.3 is 23.8 Å². The van der Waals surface area contributed by atoms with Gasteiger partial charge in [0.2, 0.25) is 0 Å². The second kappa shape index (κ2) is 24.2. The lowest BCUT2D eigenvalue weighted by molar-refractivity contribution is 0.0960. The van der Waals surface area contributed by atoms with Crippen LogP contribution in [0.3, 0.4) is 0 Å². The standard InChI is InChI=1S/C17H23NO3S.C15H17NO3S.C15H15NO2/c1-13(12-19)7-4-2-3-5-8-15(20)14-11-16(21-18-14)17-9-6-10-22-17;1-11(10-17)5-2-3-6-13(18)12-9-14(19-16-12)15-7-4-8-20-15;1-10-2-6-12(7-3-10)15-9-13(16-18-15)14(17)8-11-4-5-11/h6,9-11,13,19H,2-5,7-8,12H2,1H3;2,4-5,7-9,11,17H,3,6,10H2,1H3;2-3,6-7,9,11H,4-5,8H2,1H3/b;5-2+;. The maximum absolute atomic E-state index is 12.1. The molecule has 60 heavy (non-hydrogen) atoms. The highest BCUT2D eigenvalue weighted by atomic mass is 32.1. The number of rotatable bonds is 21. The lowest BCUT2D eigenvalue weighted by Gasteiger charge is -2.06. The quantitative estimate of drug-likeness (QED) is 0.0401. The molecular formula is C47H55N3O8S2. The third-order valence-corrected chi connectivity index (χ3v) is 11.6. The Morgan fingerprint density at radius 1 is 0.717 bits per heavy atom. The number of carbonyl (C=O) groups excluding carboxylic acids is 3. The Morgan fingerprint density at radius 3 is 1.82 bits per heavy atom. The van der Waals surface area contributed by atoms with Gasteiger partial charge in [-0.3, -0.25) is 14.4 Å². The van der Waals surface area contributed by atoms with E-state index in [1.54, 1.807) is 40.9 Å². The SMILES string of the molecule is CC(/C=C/CCC(=O)c1cc(-c2cccs2)on1)CO.CC(CO)CCCCCCC(=O)c1cc(-c2cccs2)on1.Cc1ccc(-c2cc(C(=O)CC3CC3)no2)cc1. The van der Waals surface area contributed by atoms with Gasteiger partial charge >= 0.3 is 0 Å². The number of unbranched alkanes of at least 4 members (excludes halogenated alkanes) is 3. The number of aliphatic hydroxyl groups is 2. The molecule has 13 heteroatoms. The van der Waals surface area contributed by atoms with Gasteiger partial charge in [0.25, 0.3) is 0 Å². The normalized spacial score (nSPS) is 13.3. The minimum Gasteiger partial charge on any atom is -0.396 e. The average Bonchev–Trinajstić information content (AvgIpc) is 3.97. The van der Waals surface area contributed by atoms with Crippen molar-refractivity contribution in [3.05, 3.63) is 112 Å². The molecule has 1 saturated carbocycles. The number of benzene rings is 1. The summed E-state index contributed by atoms with van der Waals surface area (Å²) in [5.41, 5.74) is 3.41. The van der Waals surface area contributed by atoms with Gasteiger partial charge in [0.05, 0.1) is 9.75 Å². The number of nitrogens with zero attached hydrogens (tertiary/aromatic N) is 3. The van der Waals surface area contributed by atoms with Crippen LogP contribution in [-0.2, 0) is 0 Å². The third-order valence-electron chi connectivity index (χ3n) is 9.88. The van der Waals surface area contributed by atoms with Crippen LogP contribution in [0.1, 0.15) is 122 Å². The molecule has 1 fully saturated rings. The molecule has 0 bridgehead atoms. The molecule has 2 N–H and O–H groups in total. The molecule has 0 amide bonds. The van der Waals surface area contributed by atoms with E-state index in [4.69, 9.17) is 23.8 Å². The van der Waals surface area contributed by atoms with E-state index in [9.17, 15) is 14.4 Å². The molecule has 5 heterocycles. The molecule has 318 valence electrons. The second-order valence-corrected chi connectivity index (χ2v) is 17.2. The largest absolute Gasteiger partial charge is 0.396 e. The predicted molar refractivity (Wildman–Crippen MR) is 235 cm³/mol. The first-order chi connectivity index (χ1) is 29.1. The summed E-state index contributed by atoms with van der Waals surface area (Å²) in [6, 6.07) is 20.9. The molecular weight excluding hydrogens is 799 g/mol. The van der Waals surface area contributed by atoms with Crippen LogP contribution in [0.5, 0.6) is 0 Å². The first kappa shape index (κ1) is 46.0. The van der Waals surface area contributed by atoms with Gasteiger partial charge in [-0.15, -0.1) is 22.7 Å². The molecule has 0 spiro atoms. The van der Waals surface area contributed by atoms with Gasteiger partial charge in [-0.25, -0.2) is 0 Å². The minimum absolute atomic E-state index is 0.0298. The van der Waals surface area contributed by atoms with E-state index in [2.05, 4.69) is 22.4 Å². The zero-order chi connectivity index (χ0) is 42.7. The van der Waals surface area contributed by atoms with Crippen molar-refractivity contribution in [1.82, 2.24) is 15.5 Å². The summed E-state index contributed by atoms with van der Waals surface area (Å²) in [6.45, 7) is 6.40. The van der Waals surface area contributed by atoms with Crippen LogP contribution in [0.15, 0.2) is 103 Å². The Bertz CT molecular complexity index is 2200. The molecule has 1 aliphatic carbocycles. The molecule has 2 atom stereocenters. The first-order valence-electron chi connectivity index (χ1n) is 20.7. The van der Waals surface area contributed by atoms with E-state index in [0.29, 0.717) is 71.9 Å². The molecule has 5 aromatic heterocycles. The van der Waals surface area contributed by atoms with Gasteiger partial charge in [0.15, 0.2) is 34.6 Å². The van der Waals surface area contributed by atoms with Crippen molar-refractivity contribution in [2.75, 3.05) is 13.2 Å². The fraction of sp³-hybridized carbons (Fsp3) is 0.404. The summed E-state index contributed by atoms with van der Waals surface area (Å²) < 4.78 is 15.7. The van der Waals surface area contributed by atoms with Crippen LogP contribution in [0, 0.1) is 24.7 Å². The second-order valence-electron chi connectivity index (χ2n) is 15.3. The maximum Gasteiger partial charge on any atom is 0.185 e. The van der Waals surface area contributed by atoms with Crippen LogP contribution in [0.25, 0.3) is 32.6 Å². The number of aryl methyl sites for hydroxylation is 1. The molecule has 0 radical (unpaired) electrons. The van der Waals surface area contributed by atoms with Crippen LogP contribution >= 0.6 is 22.7 Å². The number of aliphatic hydroxyl groups excluding tert-OH is 2. The number of hydrogen-bond acceptors (Lipinski definition) is 13. The Kier molecular flexibility index (Phi) is 18.6. The lowest BCUT2D eigenvalue weighted by atomic mass is 10.0. The van der Waals surface area contributed by atoms with Gasteiger partial charge in [0, 0.05) is 56.2 Å². The fourth-order valence-corrected chi connectivity index (χ4v) is 7.26. The molecule has 0 saturated heterocycles. The Hall–Kier alpha value is -5.08. The summed E-state index contributed by atoms with van der Waals surface area (Å²) in [5, 5.41) is 33.3. The summed E-state index contributed by atoms with van der Waals surface area (Å²) in [7, 11) is 0. The van der Waals surface area contributed by atoms with Crippen LogP contribution in [0.4, 0.5) is 0 Å². The van der Waals surface area contributed by atoms with E-state index in [1.165, 1.54) is 18.4 Å². The zero-order valence-electron chi connectivity index (χ0n) is 34.6. The monoisotopic (exact) mass is 853 g/mol. The van der Waals surface area contributed by atoms with Crippen LogP contribution in [-0.4, -0.2) is 56.2 Å². The van der Waals surface area contributed by atoms with Crippen molar-refractivity contribution in [3.8, 4) is 32.6 Å². The predicted octanol–water partition coefficient (Wildman–Crippen LogP) is 11.7. The van der Waals surface area contributed by atoms with E-state index < -0.39 is 0 Å². The lowest BCUT2D eigenvalue weighted by Crippen LogP contribution is -2.00. The van der Waals surface area contributed by atoms with E-state index >= 15 is 0 Å². The number of ketones is 3. The van der Waals surface area contributed by atoms with E-state index in [-0.39, 0.29) is 36.5 Å². The highest BCUT2D eigenvalue weighted by Crippen LogP contribution is 2.34. The number of carbonyl (C=O) groups is 3. The van der Waals surface area contributed by atoms with Crippen molar-refractivity contribution >= 4 is 40.0 Å². The molecule has 0 aliphatic heterocycles. The van der Waals surface area contributed by atoms with Crippen molar-refractivity contribution in [2.45, 2.75) is 91.4 Å². The van der Waals surface area contributed by atoms with E-state index in [0.717, 1.165) is 47.4 Å². The molecule has 6 aromatic rings. The van der Waals surface area contributed by atoms with Gasteiger partial charge in [-0.1, -0.05) is 103 Å². The van der Waals surface area contributed by atoms with Crippen molar-refractivity contribution < 1.29 is 38.2 Å². The number of allylic oxidation sites excluding steroid dienone is 1. The minimum atomic E-state index is -0.0298. The number of Topliss-reactive ketones (excluding diaryl/α,β-unsaturated/α-hetero) is 3. The Labute approximate surface area is 359 Å². The van der Waals surface area contributed by atoms with Gasteiger partial charge in [-0.05, 0) is 79.7 Å². The summed E-state index contributed by atoms with van der Waals surface area (Å²) in [5.74, 6) is 3.16. The molecule has 1 aliphatic rings. The van der Waals surface area contributed by atoms with Gasteiger partial charge in [-0.2, -0.15) is 0 Å². The van der Waals surface area contributed by atoms with E-state index in [1.807, 2.05) is 85.3 Å². The third kappa shape index (κ3) is 15.2. The smallest absolute Gasteiger partial charge is 0.185 e. The Balaban J connectivity index is 0.000000171. The highest BCUT2D eigenvalue weighted by molar-refractivity contribution is 7.13. The zero-order valence-corrected chi connectivity index (χ0v) is 36.2. The van der Waals surface area contributed by atoms with Gasteiger partial charge in [0.1, 0.15) is 17.1 Å². The summed E-state index contributed by atoms with van der Waals surface area (Å²) in [6.07, 6.45) is 13.5. The van der Waals surface area contributed by atoms with Crippen molar-refractivity contribution in [2.24, 2.45) is 17.8 Å². The molecule has 11 nitrogen and oxygen atoms in total. The number of aromatic nitrogens is 3. The van der Waals surface area contributed by atoms with Crippen LogP contribution < -0.4 is 0 Å². The number of thiophene rings is 2. The average molecular weight is 854 g/mol. The Morgan fingerprint density at radius 2 is 1.27 bits per heavy atom. The summed E-state index contributed by atoms with van der Waals surface area (Å²) in [4.78, 5) is 37.8. The van der Waals surface area contributed by atoms with Crippen molar-refractivity contribution in [1.29, 1.82) is 0 Å². The highest BCUT2D eigenvalue weighted by Gasteiger charge is 2.26. The molecule has 1 aromatic carbocycles. The number of hydrogen-bond donors (Lipinski definition) is 2. The van der Waals surface area contributed by atoms with Crippen LogP contribution in [0.2, 0.25) is 0 Å². The molecule has 7 rings (SSSR count). The summed E-state index contributed by atoms with van der Waals surface area (Å²) >= 11 is 3.12. The topological polar surface area (TPSA) is 170 Å². The fourth-order valence-electron chi connectivity index (χ4n) is 5.92. The first-order valence-corrected chi connectivity index (χ1v) is 22.4. The van der Waals surface area contributed by atoms with Crippen molar-refractivity contribution in [3.63, 3.8) is 0 Å².